The number of β-amino-alcohol motifs (C(OH)–C–C–N with tert-alkyl or cyclic N) is 1. The molecule has 0 aliphatic carbocycles. The van der Waals surface area contributed by atoms with Gasteiger partial charge in [0.15, 0.2) is 0 Å². The predicted molar refractivity (Wildman–Crippen MR) is 84.1 cm³/mol. The molecule has 0 bridgehead atoms. The Balaban J connectivity index is 1.63. The van der Waals surface area contributed by atoms with Crippen molar-refractivity contribution < 1.29 is 22.7 Å². The third kappa shape index (κ3) is 4.35. The van der Waals surface area contributed by atoms with Gasteiger partial charge >= 0.3 is 6.18 Å². The van der Waals surface area contributed by atoms with Crippen LogP contribution >= 0.6 is 0 Å². The standard InChI is InChI=1S/C18H18F4N2O/c19-16-8-13(1-2-15(16)18(20,21)22)9-24-10-14(17(25)11-24)7-12-3-5-23-6-4-12/h1-6,8,14,17,25H,7,9-11H2/t14-,17+/m1/s1. The largest absolute Gasteiger partial charge is 0.419 e. The molecule has 25 heavy (non-hydrogen) atoms. The predicted octanol–water partition coefficient (Wildman–Crippen LogP) is 3.27. The highest BCUT2D eigenvalue weighted by molar-refractivity contribution is 5.26. The van der Waals surface area contributed by atoms with Gasteiger partial charge in [-0.25, -0.2) is 4.39 Å². The van der Waals surface area contributed by atoms with Gasteiger partial charge in [0, 0.05) is 37.9 Å². The highest BCUT2D eigenvalue weighted by Gasteiger charge is 2.34. The van der Waals surface area contributed by atoms with Crippen LogP contribution in [0.2, 0.25) is 0 Å². The average molecular weight is 354 g/mol. The molecule has 0 amide bonds. The molecule has 3 nitrogen and oxygen atoms in total. The number of hydrogen-bond acceptors (Lipinski definition) is 3. The minimum Gasteiger partial charge on any atom is -0.391 e. The summed E-state index contributed by atoms with van der Waals surface area (Å²) in [6.45, 7) is 1.32. The van der Waals surface area contributed by atoms with Crippen LogP contribution in [-0.2, 0) is 19.1 Å². The molecule has 1 saturated heterocycles. The molecule has 3 rings (SSSR count). The molecule has 7 heteroatoms. The highest BCUT2D eigenvalue weighted by Crippen LogP contribution is 2.32. The van der Waals surface area contributed by atoms with E-state index >= 15 is 0 Å². The summed E-state index contributed by atoms with van der Waals surface area (Å²) >= 11 is 0. The number of nitrogens with zero attached hydrogens (tertiary/aromatic N) is 2. The summed E-state index contributed by atoms with van der Waals surface area (Å²) in [5, 5.41) is 10.2. The minimum atomic E-state index is -4.69. The first-order valence-electron chi connectivity index (χ1n) is 7.98. The van der Waals surface area contributed by atoms with Gasteiger partial charge in [0.1, 0.15) is 5.82 Å². The SMILES string of the molecule is O[C@H]1CN(Cc2ccc(C(F)(F)F)c(F)c2)C[C@H]1Cc1ccncc1. The lowest BCUT2D eigenvalue weighted by molar-refractivity contribution is -0.140. The van der Waals surface area contributed by atoms with E-state index < -0.39 is 23.7 Å². The van der Waals surface area contributed by atoms with E-state index in [2.05, 4.69) is 4.98 Å². The van der Waals surface area contributed by atoms with Crippen LogP contribution in [0.1, 0.15) is 16.7 Å². The van der Waals surface area contributed by atoms with Crippen LogP contribution in [0.25, 0.3) is 0 Å². The maximum Gasteiger partial charge on any atom is 0.419 e. The van der Waals surface area contributed by atoms with Gasteiger partial charge in [-0.2, -0.15) is 13.2 Å². The second-order valence-corrected chi connectivity index (χ2v) is 6.39. The summed E-state index contributed by atoms with van der Waals surface area (Å²) in [6.07, 6.45) is -1.13. The number of aliphatic hydroxyl groups is 1. The molecular formula is C18H18F4N2O. The van der Waals surface area contributed by atoms with Crippen molar-refractivity contribution in [3.63, 3.8) is 0 Å². The van der Waals surface area contributed by atoms with Crippen molar-refractivity contribution in [1.82, 2.24) is 9.88 Å². The van der Waals surface area contributed by atoms with Crippen LogP contribution < -0.4 is 0 Å². The Morgan fingerprint density at radius 1 is 1.08 bits per heavy atom. The van der Waals surface area contributed by atoms with Crippen molar-refractivity contribution in [1.29, 1.82) is 0 Å². The van der Waals surface area contributed by atoms with Gasteiger partial charge in [-0.15, -0.1) is 0 Å². The van der Waals surface area contributed by atoms with Gasteiger partial charge < -0.3 is 5.11 Å². The summed E-state index contributed by atoms with van der Waals surface area (Å²) in [5.74, 6) is -1.24. The number of hydrogen-bond donors (Lipinski definition) is 1. The molecule has 1 aromatic heterocycles. The summed E-state index contributed by atoms with van der Waals surface area (Å²) in [6, 6.07) is 6.76. The van der Waals surface area contributed by atoms with Gasteiger partial charge in [0.25, 0.3) is 0 Å². The summed E-state index contributed by atoms with van der Waals surface area (Å²) in [7, 11) is 0. The number of likely N-dealkylation sites (tertiary alicyclic amines) is 1. The first-order chi connectivity index (χ1) is 11.8. The van der Waals surface area contributed by atoms with Crippen molar-refractivity contribution in [2.45, 2.75) is 25.2 Å². The fourth-order valence-corrected chi connectivity index (χ4v) is 3.24. The molecule has 1 aromatic carbocycles. The zero-order valence-electron chi connectivity index (χ0n) is 13.4. The van der Waals surface area contributed by atoms with E-state index in [1.807, 2.05) is 17.0 Å². The molecule has 2 atom stereocenters. The van der Waals surface area contributed by atoms with Gasteiger partial charge in [-0.3, -0.25) is 9.88 Å². The van der Waals surface area contributed by atoms with E-state index in [4.69, 9.17) is 0 Å². The zero-order chi connectivity index (χ0) is 18.0. The van der Waals surface area contributed by atoms with Gasteiger partial charge in [0.05, 0.1) is 11.7 Å². The second kappa shape index (κ2) is 7.09. The average Bonchev–Trinajstić information content (AvgIpc) is 2.86. The number of aliphatic hydroxyl groups excluding tert-OH is 1. The molecule has 0 spiro atoms. The minimum absolute atomic E-state index is 0.0293. The number of rotatable bonds is 4. The highest BCUT2D eigenvalue weighted by atomic mass is 19.4. The van der Waals surface area contributed by atoms with E-state index in [9.17, 15) is 22.7 Å². The summed E-state index contributed by atoms with van der Waals surface area (Å²) < 4.78 is 51.5. The molecule has 1 aliphatic heterocycles. The number of halogens is 4. The molecule has 2 heterocycles. The van der Waals surface area contributed by atoms with Crippen molar-refractivity contribution in [3.8, 4) is 0 Å². The number of aromatic nitrogens is 1. The third-order valence-corrected chi connectivity index (χ3v) is 4.47. The smallest absolute Gasteiger partial charge is 0.391 e. The molecule has 0 unspecified atom stereocenters. The Kier molecular flexibility index (Phi) is 5.06. The van der Waals surface area contributed by atoms with Gasteiger partial charge in [-0.1, -0.05) is 6.07 Å². The van der Waals surface area contributed by atoms with Crippen molar-refractivity contribution in [3.05, 3.63) is 65.2 Å². The summed E-state index contributed by atoms with van der Waals surface area (Å²) in [4.78, 5) is 5.88. The maximum atomic E-state index is 13.7. The second-order valence-electron chi connectivity index (χ2n) is 6.39. The Morgan fingerprint density at radius 3 is 2.44 bits per heavy atom. The monoisotopic (exact) mass is 354 g/mol. The Labute approximate surface area is 142 Å². The fraction of sp³-hybridized carbons (Fsp3) is 0.389. The van der Waals surface area contributed by atoms with Crippen molar-refractivity contribution >= 4 is 0 Å². The zero-order valence-corrected chi connectivity index (χ0v) is 13.4. The molecule has 134 valence electrons. The van der Waals surface area contributed by atoms with Gasteiger partial charge in [-0.05, 0) is 41.8 Å². The molecule has 0 saturated carbocycles. The molecule has 0 radical (unpaired) electrons. The van der Waals surface area contributed by atoms with Gasteiger partial charge in [0.2, 0.25) is 0 Å². The van der Waals surface area contributed by atoms with Crippen LogP contribution in [0.3, 0.4) is 0 Å². The van der Waals surface area contributed by atoms with Crippen LogP contribution in [-0.4, -0.2) is 34.2 Å². The normalized spacial score (nSPS) is 21.6. The van der Waals surface area contributed by atoms with Crippen LogP contribution in [0.5, 0.6) is 0 Å². The molecule has 1 N–H and O–H groups in total. The Hall–Kier alpha value is -1.99. The first-order valence-corrected chi connectivity index (χ1v) is 7.98. The van der Waals surface area contributed by atoms with Crippen LogP contribution in [0.4, 0.5) is 17.6 Å². The van der Waals surface area contributed by atoms with E-state index in [-0.39, 0.29) is 5.92 Å². The van der Waals surface area contributed by atoms with E-state index in [0.717, 1.165) is 17.7 Å². The first kappa shape index (κ1) is 17.8. The maximum absolute atomic E-state index is 13.7. The Morgan fingerprint density at radius 2 is 1.80 bits per heavy atom. The lowest BCUT2D eigenvalue weighted by Crippen LogP contribution is -2.21. The quantitative estimate of drug-likeness (QED) is 0.856. The summed E-state index contributed by atoms with van der Waals surface area (Å²) in [5.41, 5.74) is 0.275. The van der Waals surface area contributed by atoms with Crippen LogP contribution in [0.15, 0.2) is 42.7 Å². The van der Waals surface area contributed by atoms with E-state index in [0.29, 0.717) is 31.6 Å². The molecule has 1 aliphatic rings. The topological polar surface area (TPSA) is 36.4 Å². The van der Waals surface area contributed by atoms with E-state index in [1.165, 1.54) is 6.07 Å². The Bertz CT molecular complexity index is 721. The number of benzene rings is 1. The number of pyridine rings is 1. The van der Waals surface area contributed by atoms with Crippen molar-refractivity contribution in [2.24, 2.45) is 5.92 Å². The molecular weight excluding hydrogens is 336 g/mol. The lowest BCUT2D eigenvalue weighted by atomic mass is 9.97. The lowest BCUT2D eigenvalue weighted by Gasteiger charge is -2.16. The van der Waals surface area contributed by atoms with Crippen LogP contribution in [0, 0.1) is 11.7 Å². The van der Waals surface area contributed by atoms with Crippen molar-refractivity contribution in [2.75, 3.05) is 13.1 Å². The third-order valence-electron chi connectivity index (χ3n) is 4.47. The molecule has 2 aromatic rings. The molecule has 1 fully saturated rings. The fourth-order valence-electron chi connectivity index (χ4n) is 3.24. The van der Waals surface area contributed by atoms with E-state index in [1.54, 1.807) is 12.4 Å². The number of alkyl halides is 3.